The fourth-order valence-corrected chi connectivity index (χ4v) is 2.29. The Morgan fingerprint density at radius 1 is 1.43 bits per heavy atom. The molecule has 2 heterocycles. The molecule has 0 aromatic rings. The molecule has 4 atom stereocenters. The fourth-order valence-electron chi connectivity index (χ4n) is 2.29. The third-order valence-corrected chi connectivity index (χ3v) is 3.12. The van der Waals surface area contributed by atoms with Crippen molar-refractivity contribution >= 4 is 0 Å². The van der Waals surface area contributed by atoms with Crippen molar-refractivity contribution in [2.75, 3.05) is 19.8 Å². The SMILES string of the molecule is CC1CC(N[C@@H]2COC[C@H]2O)CCN1. The van der Waals surface area contributed by atoms with Crippen molar-refractivity contribution in [2.24, 2.45) is 0 Å². The van der Waals surface area contributed by atoms with Crippen molar-refractivity contribution in [1.82, 2.24) is 10.6 Å². The maximum Gasteiger partial charge on any atom is 0.0948 e. The van der Waals surface area contributed by atoms with Gasteiger partial charge in [-0.1, -0.05) is 0 Å². The zero-order valence-corrected chi connectivity index (χ0v) is 8.70. The lowest BCUT2D eigenvalue weighted by Gasteiger charge is -2.31. The van der Waals surface area contributed by atoms with Gasteiger partial charge in [0, 0.05) is 12.1 Å². The first kappa shape index (κ1) is 10.4. The molecule has 82 valence electrons. The molecule has 0 aromatic carbocycles. The van der Waals surface area contributed by atoms with Crippen molar-refractivity contribution in [2.45, 2.75) is 44.0 Å². The molecule has 2 saturated heterocycles. The van der Waals surface area contributed by atoms with E-state index in [0.717, 1.165) is 19.4 Å². The van der Waals surface area contributed by atoms with Crippen LogP contribution in [-0.4, -0.2) is 49.1 Å². The van der Waals surface area contributed by atoms with Gasteiger partial charge in [-0.25, -0.2) is 0 Å². The summed E-state index contributed by atoms with van der Waals surface area (Å²) in [6, 6.07) is 1.26. The van der Waals surface area contributed by atoms with Gasteiger partial charge < -0.3 is 20.5 Å². The minimum Gasteiger partial charge on any atom is -0.389 e. The van der Waals surface area contributed by atoms with Crippen molar-refractivity contribution in [1.29, 1.82) is 0 Å². The van der Waals surface area contributed by atoms with E-state index in [-0.39, 0.29) is 12.1 Å². The number of nitrogens with one attached hydrogen (secondary N) is 2. The molecule has 0 aromatic heterocycles. The Hall–Kier alpha value is -0.160. The second-order valence-corrected chi connectivity index (χ2v) is 4.45. The Kier molecular flexibility index (Phi) is 3.38. The van der Waals surface area contributed by atoms with Crippen molar-refractivity contribution < 1.29 is 9.84 Å². The minimum absolute atomic E-state index is 0.144. The smallest absolute Gasteiger partial charge is 0.0948 e. The normalized spacial score (nSPS) is 44.1. The summed E-state index contributed by atoms with van der Waals surface area (Å²) in [5.41, 5.74) is 0. The first-order chi connectivity index (χ1) is 6.75. The summed E-state index contributed by atoms with van der Waals surface area (Å²) in [5, 5.41) is 16.5. The number of aliphatic hydroxyl groups excluding tert-OH is 1. The Balaban J connectivity index is 1.78. The summed E-state index contributed by atoms with van der Waals surface area (Å²) in [7, 11) is 0. The van der Waals surface area contributed by atoms with Crippen molar-refractivity contribution in [3.8, 4) is 0 Å². The molecule has 0 spiro atoms. The molecule has 2 aliphatic heterocycles. The van der Waals surface area contributed by atoms with Crippen LogP contribution < -0.4 is 10.6 Å². The topological polar surface area (TPSA) is 53.5 Å². The van der Waals surface area contributed by atoms with Gasteiger partial charge >= 0.3 is 0 Å². The predicted molar refractivity (Wildman–Crippen MR) is 54.2 cm³/mol. The van der Waals surface area contributed by atoms with Crippen LogP contribution >= 0.6 is 0 Å². The van der Waals surface area contributed by atoms with E-state index >= 15 is 0 Å². The molecule has 4 nitrogen and oxygen atoms in total. The van der Waals surface area contributed by atoms with Crippen molar-refractivity contribution in [3.63, 3.8) is 0 Å². The van der Waals surface area contributed by atoms with Crippen LogP contribution in [0.5, 0.6) is 0 Å². The molecule has 2 aliphatic rings. The van der Waals surface area contributed by atoms with Crippen LogP contribution in [0.2, 0.25) is 0 Å². The van der Waals surface area contributed by atoms with E-state index in [1.54, 1.807) is 0 Å². The van der Waals surface area contributed by atoms with Crippen LogP contribution in [0, 0.1) is 0 Å². The predicted octanol–water partition coefficient (Wildman–Crippen LogP) is -0.524. The van der Waals surface area contributed by atoms with Crippen LogP contribution in [0.15, 0.2) is 0 Å². The Labute approximate surface area is 85.0 Å². The number of hydrogen-bond acceptors (Lipinski definition) is 4. The van der Waals surface area contributed by atoms with E-state index < -0.39 is 0 Å². The zero-order valence-electron chi connectivity index (χ0n) is 8.70. The summed E-state index contributed by atoms with van der Waals surface area (Å²) in [6.45, 7) is 4.41. The molecule has 2 fully saturated rings. The third-order valence-electron chi connectivity index (χ3n) is 3.12. The lowest BCUT2D eigenvalue weighted by atomic mass is 9.99. The summed E-state index contributed by atoms with van der Waals surface area (Å²) >= 11 is 0. The number of aliphatic hydroxyl groups is 1. The summed E-state index contributed by atoms with van der Waals surface area (Å²) in [6.07, 6.45) is 1.97. The Morgan fingerprint density at radius 3 is 2.93 bits per heavy atom. The van der Waals surface area contributed by atoms with Crippen LogP contribution in [0.25, 0.3) is 0 Å². The third kappa shape index (κ3) is 2.45. The molecule has 0 saturated carbocycles. The summed E-state index contributed by atoms with van der Waals surface area (Å²) in [5.74, 6) is 0. The van der Waals surface area contributed by atoms with Gasteiger partial charge in [0.2, 0.25) is 0 Å². The summed E-state index contributed by atoms with van der Waals surface area (Å²) < 4.78 is 5.21. The highest BCUT2D eigenvalue weighted by molar-refractivity contribution is 4.87. The largest absolute Gasteiger partial charge is 0.389 e. The van der Waals surface area contributed by atoms with Gasteiger partial charge in [0.1, 0.15) is 0 Å². The van der Waals surface area contributed by atoms with Crippen LogP contribution in [-0.2, 0) is 4.74 Å². The monoisotopic (exact) mass is 200 g/mol. The standard InChI is InChI=1S/C10H20N2O2/c1-7-4-8(2-3-11-7)12-9-5-14-6-10(9)13/h7-13H,2-6H2,1H3/t7?,8?,9-,10-/m1/s1. The first-order valence-corrected chi connectivity index (χ1v) is 5.51. The van der Waals surface area contributed by atoms with Gasteiger partial charge in [-0.15, -0.1) is 0 Å². The van der Waals surface area contributed by atoms with E-state index in [2.05, 4.69) is 17.6 Å². The molecular weight excluding hydrogens is 180 g/mol. The average Bonchev–Trinajstić information content (AvgIpc) is 2.52. The highest BCUT2D eigenvalue weighted by Crippen LogP contribution is 2.12. The maximum atomic E-state index is 9.58. The Morgan fingerprint density at radius 2 is 2.29 bits per heavy atom. The number of piperidine rings is 1. The summed E-state index contributed by atoms with van der Waals surface area (Å²) in [4.78, 5) is 0. The minimum atomic E-state index is -0.319. The fraction of sp³-hybridized carbons (Fsp3) is 1.00. The first-order valence-electron chi connectivity index (χ1n) is 5.51. The number of rotatable bonds is 2. The lowest BCUT2D eigenvalue weighted by molar-refractivity contribution is 0.120. The lowest BCUT2D eigenvalue weighted by Crippen LogP contribution is -2.51. The molecule has 0 radical (unpaired) electrons. The van der Waals surface area contributed by atoms with Gasteiger partial charge in [0.05, 0.1) is 25.4 Å². The molecule has 4 heteroatoms. The molecule has 0 amide bonds. The van der Waals surface area contributed by atoms with E-state index in [9.17, 15) is 5.11 Å². The second kappa shape index (κ2) is 4.57. The van der Waals surface area contributed by atoms with E-state index in [4.69, 9.17) is 4.74 Å². The highest BCUT2D eigenvalue weighted by Gasteiger charge is 2.29. The zero-order chi connectivity index (χ0) is 9.97. The molecule has 2 unspecified atom stereocenters. The average molecular weight is 200 g/mol. The molecular formula is C10H20N2O2. The molecule has 2 rings (SSSR count). The van der Waals surface area contributed by atoms with Gasteiger partial charge in [0.25, 0.3) is 0 Å². The van der Waals surface area contributed by atoms with Crippen LogP contribution in [0.4, 0.5) is 0 Å². The quantitative estimate of drug-likeness (QED) is 0.561. The van der Waals surface area contributed by atoms with Gasteiger partial charge in [-0.3, -0.25) is 0 Å². The van der Waals surface area contributed by atoms with E-state index in [1.165, 1.54) is 0 Å². The maximum absolute atomic E-state index is 9.58. The van der Waals surface area contributed by atoms with Gasteiger partial charge in [-0.2, -0.15) is 0 Å². The second-order valence-electron chi connectivity index (χ2n) is 4.45. The van der Waals surface area contributed by atoms with Crippen LogP contribution in [0.3, 0.4) is 0 Å². The molecule has 3 N–H and O–H groups in total. The highest BCUT2D eigenvalue weighted by atomic mass is 16.5. The molecule has 14 heavy (non-hydrogen) atoms. The number of ether oxygens (including phenoxy) is 1. The van der Waals surface area contributed by atoms with E-state index in [1.807, 2.05) is 0 Å². The van der Waals surface area contributed by atoms with Gasteiger partial charge in [0.15, 0.2) is 0 Å². The van der Waals surface area contributed by atoms with E-state index in [0.29, 0.717) is 25.3 Å². The number of hydrogen-bond donors (Lipinski definition) is 3. The van der Waals surface area contributed by atoms with Gasteiger partial charge in [-0.05, 0) is 26.3 Å². The van der Waals surface area contributed by atoms with Crippen LogP contribution in [0.1, 0.15) is 19.8 Å². The molecule has 0 bridgehead atoms. The Bertz CT molecular complexity index is 189. The van der Waals surface area contributed by atoms with Crippen molar-refractivity contribution in [3.05, 3.63) is 0 Å². The molecule has 0 aliphatic carbocycles.